The number of benzene rings is 2. The quantitative estimate of drug-likeness (QED) is 0.740. The number of carboxylic acids is 1. The van der Waals surface area contributed by atoms with Crippen molar-refractivity contribution in [2.24, 2.45) is 0 Å². The third-order valence-electron chi connectivity index (χ3n) is 2.83. The highest BCUT2D eigenvalue weighted by Crippen LogP contribution is 2.24. The van der Waals surface area contributed by atoms with Crippen LogP contribution >= 0.6 is 15.9 Å². The number of rotatable bonds is 4. The summed E-state index contributed by atoms with van der Waals surface area (Å²) in [7, 11) is 0. The van der Waals surface area contributed by atoms with Crippen LogP contribution in [0.1, 0.15) is 15.9 Å². The van der Waals surface area contributed by atoms with Crippen LogP contribution in [0, 0.1) is 0 Å². The highest BCUT2D eigenvalue weighted by molar-refractivity contribution is 9.10. The number of halogens is 1. The van der Waals surface area contributed by atoms with Crippen molar-refractivity contribution < 1.29 is 14.7 Å². The summed E-state index contributed by atoms with van der Waals surface area (Å²) >= 11 is 3.28. The van der Waals surface area contributed by atoms with Crippen LogP contribution in [0.25, 0.3) is 0 Å². The van der Waals surface area contributed by atoms with E-state index in [1.807, 2.05) is 0 Å². The van der Waals surface area contributed by atoms with Crippen molar-refractivity contribution in [1.29, 1.82) is 0 Å². The van der Waals surface area contributed by atoms with Gasteiger partial charge < -0.3 is 16.2 Å². The van der Waals surface area contributed by atoms with Crippen LogP contribution in [0.3, 0.4) is 0 Å². The molecule has 2 aromatic rings. The summed E-state index contributed by atoms with van der Waals surface area (Å²) < 4.78 is 0.623. The molecule has 5 nitrogen and oxygen atoms in total. The van der Waals surface area contributed by atoms with Crippen molar-refractivity contribution in [2.45, 2.75) is 6.42 Å². The van der Waals surface area contributed by atoms with Gasteiger partial charge in [0.1, 0.15) is 0 Å². The van der Waals surface area contributed by atoms with E-state index in [-0.39, 0.29) is 17.9 Å². The van der Waals surface area contributed by atoms with Gasteiger partial charge in [-0.3, -0.25) is 4.79 Å². The first kappa shape index (κ1) is 15.1. The lowest BCUT2D eigenvalue weighted by atomic mass is 10.1. The minimum Gasteiger partial charge on any atom is -0.478 e. The van der Waals surface area contributed by atoms with Crippen LogP contribution < -0.4 is 11.1 Å². The van der Waals surface area contributed by atoms with Crippen molar-refractivity contribution >= 4 is 39.2 Å². The molecule has 0 bridgehead atoms. The molecule has 0 saturated heterocycles. The fourth-order valence-electron chi connectivity index (χ4n) is 1.77. The summed E-state index contributed by atoms with van der Waals surface area (Å²) in [5, 5.41) is 11.6. The van der Waals surface area contributed by atoms with Crippen molar-refractivity contribution in [3.63, 3.8) is 0 Å². The molecule has 2 aromatic carbocycles. The van der Waals surface area contributed by atoms with Crippen molar-refractivity contribution in [1.82, 2.24) is 0 Å². The Kier molecular flexibility index (Phi) is 4.59. The number of carbonyl (C=O) groups is 2. The first-order valence-corrected chi connectivity index (χ1v) is 6.92. The minimum atomic E-state index is -1.04. The zero-order chi connectivity index (χ0) is 15.4. The van der Waals surface area contributed by atoms with Gasteiger partial charge in [0, 0.05) is 10.2 Å². The Bertz CT molecular complexity index is 684. The fourth-order valence-corrected chi connectivity index (χ4v) is 2.12. The second kappa shape index (κ2) is 6.41. The maximum atomic E-state index is 12.0. The lowest BCUT2D eigenvalue weighted by molar-refractivity contribution is -0.115. The molecule has 0 aliphatic carbocycles. The third-order valence-corrected chi connectivity index (χ3v) is 3.52. The number of amides is 1. The zero-order valence-corrected chi connectivity index (χ0v) is 12.6. The Morgan fingerprint density at radius 3 is 2.43 bits per heavy atom. The molecule has 1 amide bonds. The molecule has 0 fully saturated rings. The highest BCUT2D eigenvalue weighted by atomic mass is 79.9. The lowest BCUT2D eigenvalue weighted by Crippen LogP contribution is -2.15. The van der Waals surface area contributed by atoms with Gasteiger partial charge >= 0.3 is 5.97 Å². The molecule has 0 aromatic heterocycles. The second-order valence-corrected chi connectivity index (χ2v) is 5.32. The van der Waals surface area contributed by atoms with E-state index < -0.39 is 5.97 Å². The monoisotopic (exact) mass is 348 g/mol. The predicted octanol–water partition coefficient (Wildman–Crippen LogP) is 2.91. The summed E-state index contributed by atoms with van der Waals surface area (Å²) in [5.41, 5.74) is 7.58. The van der Waals surface area contributed by atoms with Gasteiger partial charge in [-0.15, -0.1) is 0 Å². The Morgan fingerprint density at radius 1 is 1.14 bits per heavy atom. The van der Waals surface area contributed by atoms with Gasteiger partial charge in [0.25, 0.3) is 0 Å². The normalized spacial score (nSPS) is 10.1. The van der Waals surface area contributed by atoms with Gasteiger partial charge in [-0.1, -0.05) is 12.1 Å². The molecular weight excluding hydrogens is 336 g/mol. The van der Waals surface area contributed by atoms with Gasteiger partial charge in [-0.2, -0.15) is 0 Å². The SMILES string of the molecule is Nc1ccc(CC(=O)Nc2cc(C(=O)O)ccc2Br)cc1. The van der Waals surface area contributed by atoms with Crippen LogP contribution in [0.2, 0.25) is 0 Å². The molecule has 0 aliphatic heterocycles. The van der Waals surface area contributed by atoms with Crippen LogP contribution in [0.4, 0.5) is 11.4 Å². The van der Waals surface area contributed by atoms with E-state index in [9.17, 15) is 9.59 Å². The molecular formula is C15H13BrN2O3. The average molecular weight is 349 g/mol. The minimum absolute atomic E-state index is 0.112. The predicted molar refractivity (Wildman–Crippen MR) is 84.3 cm³/mol. The molecule has 0 unspecified atom stereocenters. The van der Waals surface area contributed by atoms with Crippen LogP contribution in [0.15, 0.2) is 46.9 Å². The number of aromatic carboxylic acids is 1. The van der Waals surface area contributed by atoms with Crippen LogP contribution in [0.5, 0.6) is 0 Å². The maximum absolute atomic E-state index is 12.0. The second-order valence-electron chi connectivity index (χ2n) is 4.47. The van der Waals surface area contributed by atoms with E-state index in [4.69, 9.17) is 10.8 Å². The third kappa shape index (κ3) is 4.06. The number of anilines is 2. The number of carboxylic acid groups (broad SMARTS) is 1. The topological polar surface area (TPSA) is 92.4 Å². The lowest BCUT2D eigenvalue weighted by Gasteiger charge is -2.08. The van der Waals surface area contributed by atoms with Crippen molar-refractivity contribution in [3.8, 4) is 0 Å². The summed E-state index contributed by atoms with van der Waals surface area (Å²) in [6.45, 7) is 0. The smallest absolute Gasteiger partial charge is 0.335 e. The molecule has 0 atom stereocenters. The van der Waals surface area contributed by atoms with Gasteiger partial charge in [-0.05, 0) is 51.8 Å². The Balaban J connectivity index is 2.10. The Morgan fingerprint density at radius 2 is 1.81 bits per heavy atom. The summed E-state index contributed by atoms with van der Waals surface area (Å²) in [4.78, 5) is 22.9. The Labute approximate surface area is 129 Å². The molecule has 0 radical (unpaired) electrons. The number of carbonyl (C=O) groups excluding carboxylic acids is 1. The number of nitrogen functional groups attached to an aromatic ring is 1. The molecule has 0 saturated carbocycles. The zero-order valence-electron chi connectivity index (χ0n) is 11.0. The largest absolute Gasteiger partial charge is 0.478 e. The first-order valence-electron chi connectivity index (χ1n) is 6.13. The van der Waals surface area contributed by atoms with E-state index in [0.29, 0.717) is 15.8 Å². The van der Waals surface area contributed by atoms with E-state index in [1.54, 1.807) is 30.3 Å². The molecule has 108 valence electrons. The van der Waals surface area contributed by atoms with Gasteiger partial charge in [0.2, 0.25) is 5.91 Å². The van der Waals surface area contributed by atoms with Gasteiger partial charge in [0.15, 0.2) is 0 Å². The maximum Gasteiger partial charge on any atom is 0.335 e. The van der Waals surface area contributed by atoms with E-state index in [2.05, 4.69) is 21.2 Å². The molecule has 0 spiro atoms. The summed E-state index contributed by atoms with van der Waals surface area (Å²) in [6.07, 6.45) is 0.185. The molecule has 0 heterocycles. The molecule has 2 rings (SSSR count). The van der Waals surface area contributed by atoms with E-state index in [1.165, 1.54) is 12.1 Å². The van der Waals surface area contributed by atoms with E-state index in [0.717, 1.165) is 5.56 Å². The summed E-state index contributed by atoms with van der Waals surface area (Å²) in [6, 6.07) is 11.5. The first-order chi connectivity index (χ1) is 9.95. The van der Waals surface area contributed by atoms with Crippen molar-refractivity contribution in [3.05, 3.63) is 58.1 Å². The fraction of sp³-hybridized carbons (Fsp3) is 0.0667. The van der Waals surface area contributed by atoms with E-state index >= 15 is 0 Å². The Hall–Kier alpha value is -2.34. The standard InChI is InChI=1S/C15H13BrN2O3/c16-12-6-3-10(15(20)21)8-13(12)18-14(19)7-9-1-4-11(17)5-2-9/h1-6,8H,7,17H2,(H,18,19)(H,20,21). The van der Waals surface area contributed by atoms with Gasteiger partial charge in [0.05, 0.1) is 17.7 Å². The van der Waals surface area contributed by atoms with Crippen molar-refractivity contribution in [2.75, 3.05) is 11.1 Å². The number of hydrogen-bond acceptors (Lipinski definition) is 3. The molecule has 0 aliphatic rings. The number of hydrogen-bond donors (Lipinski definition) is 3. The van der Waals surface area contributed by atoms with Crippen LogP contribution in [-0.2, 0) is 11.2 Å². The van der Waals surface area contributed by atoms with Crippen LogP contribution in [-0.4, -0.2) is 17.0 Å². The number of nitrogens with two attached hydrogens (primary N) is 1. The molecule has 4 N–H and O–H groups in total. The van der Waals surface area contributed by atoms with Gasteiger partial charge in [-0.25, -0.2) is 4.79 Å². The highest BCUT2D eigenvalue weighted by Gasteiger charge is 2.10. The molecule has 6 heteroatoms. The average Bonchev–Trinajstić information content (AvgIpc) is 2.43. The summed E-state index contributed by atoms with van der Waals surface area (Å²) in [5.74, 6) is -1.28. The number of nitrogens with one attached hydrogen (secondary N) is 1. The molecule has 21 heavy (non-hydrogen) atoms.